The molecule has 0 aliphatic heterocycles. The molecule has 0 radical (unpaired) electrons. The molecule has 0 heterocycles. The van der Waals surface area contributed by atoms with Gasteiger partial charge in [0.15, 0.2) is 6.29 Å². The normalized spacial score (nSPS) is 13.2. The highest BCUT2D eigenvalue weighted by atomic mass is 35.5. The molecule has 4 nitrogen and oxygen atoms in total. The second-order valence-corrected chi connectivity index (χ2v) is 5.01. The monoisotopic (exact) mass is 286 g/mol. The van der Waals surface area contributed by atoms with Crippen molar-refractivity contribution >= 4 is 11.6 Å². The lowest BCUT2D eigenvalue weighted by Gasteiger charge is -2.29. The van der Waals surface area contributed by atoms with Crippen molar-refractivity contribution in [3.63, 3.8) is 0 Å². The van der Waals surface area contributed by atoms with Crippen molar-refractivity contribution in [1.29, 1.82) is 0 Å². The predicted octanol–water partition coefficient (Wildman–Crippen LogP) is 2.11. The third-order valence-electron chi connectivity index (χ3n) is 3.21. The molecular formula is C14H23ClN2O2. The number of rotatable bonds is 8. The summed E-state index contributed by atoms with van der Waals surface area (Å²) in [5.41, 5.74) is 7.00. The van der Waals surface area contributed by atoms with Crippen LogP contribution in [0.5, 0.6) is 0 Å². The molecule has 0 saturated heterocycles. The van der Waals surface area contributed by atoms with Crippen molar-refractivity contribution in [3.8, 4) is 0 Å². The van der Waals surface area contributed by atoms with E-state index >= 15 is 0 Å². The summed E-state index contributed by atoms with van der Waals surface area (Å²) < 4.78 is 10.5. The second-order valence-electron chi connectivity index (χ2n) is 4.57. The number of nitrogens with two attached hydrogens (primary N) is 1. The van der Waals surface area contributed by atoms with E-state index in [4.69, 9.17) is 26.8 Å². The molecule has 0 aromatic heterocycles. The lowest BCUT2D eigenvalue weighted by atomic mass is 10.1. The SMILES string of the molecule is COC(CC(CN)N(C)Cc1cccc(Cl)c1)OC. The van der Waals surface area contributed by atoms with Gasteiger partial charge in [0, 0.05) is 44.8 Å². The number of hydrogen-bond donors (Lipinski definition) is 1. The van der Waals surface area contributed by atoms with Gasteiger partial charge >= 0.3 is 0 Å². The smallest absolute Gasteiger partial charge is 0.158 e. The van der Waals surface area contributed by atoms with Crippen LogP contribution in [-0.4, -0.2) is 45.0 Å². The van der Waals surface area contributed by atoms with Crippen LogP contribution in [0.2, 0.25) is 5.02 Å². The zero-order chi connectivity index (χ0) is 14.3. The van der Waals surface area contributed by atoms with Gasteiger partial charge in [-0.3, -0.25) is 4.90 Å². The Labute approximate surface area is 120 Å². The lowest BCUT2D eigenvalue weighted by molar-refractivity contribution is -0.116. The molecule has 0 bridgehead atoms. The largest absolute Gasteiger partial charge is 0.356 e. The average Bonchev–Trinajstić information content (AvgIpc) is 2.40. The van der Waals surface area contributed by atoms with Crippen LogP contribution < -0.4 is 5.73 Å². The van der Waals surface area contributed by atoms with Gasteiger partial charge in [0.25, 0.3) is 0 Å². The molecule has 1 atom stereocenters. The molecule has 5 heteroatoms. The summed E-state index contributed by atoms with van der Waals surface area (Å²) in [5, 5.41) is 0.752. The van der Waals surface area contributed by atoms with E-state index in [0.717, 1.165) is 18.0 Å². The summed E-state index contributed by atoms with van der Waals surface area (Å²) in [4.78, 5) is 2.19. The van der Waals surface area contributed by atoms with Gasteiger partial charge in [0.05, 0.1) is 0 Å². The van der Waals surface area contributed by atoms with Crippen LogP contribution in [0.3, 0.4) is 0 Å². The van der Waals surface area contributed by atoms with Crippen LogP contribution in [0.1, 0.15) is 12.0 Å². The zero-order valence-corrected chi connectivity index (χ0v) is 12.6. The first-order chi connectivity index (χ1) is 9.10. The molecule has 1 aromatic rings. The van der Waals surface area contributed by atoms with E-state index in [1.54, 1.807) is 14.2 Å². The fourth-order valence-corrected chi connectivity index (χ4v) is 2.23. The molecule has 1 aromatic carbocycles. The van der Waals surface area contributed by atoms with Gasteiger partial charge in [-0.1, -0.05) is 23.7 Å². The first-order valence-electron chi connectivity index (χ1n) is 6.31. The first-order valence-corrected chi connectivity index (χ1v) is 6.68. The Hall–Kier alpha value is -0.650. The van der Waals surface area contributed by atoms with Crippen molar-refractivity contribution in [1.82, 2.24) is 4.90 Å². The standard InChI is InChI=1S/C14H23ClN2O2/c1-17(10-11-5-4-6-12(15)7-11)13(9-16)8-14(18-2)19-3/h4-7,13-14H,8-10,16H2,1-3H3. The maximum absolute atomic E-state index is 5.99. The topological polar surface area (TPSA) is 47.7 Å². The van der Waals surface area contributed by atoms with Crippen LogP contribution in [0.4, 0.5) is 0 Å². The van der Waals surface area contributed by atoms with Crippen LogP contribution >= 0.6 is 11.6 Å². The van der Waals surface area contributed by atoms with E-state index < -0.39 is 0 Å². The minimum Gasteiger partial charge on any atom is -0.356 e. The molecule has 0 amide bonds. The van der Waals surface area contributed by atoms with E-state index in [2.05, 4.69) is 11.0 Å². The van der Waals surface area contributed by atoms with Gasteiger partial charge in [0.1, 0.15) is 0 Å². The molecule has 2 N–H and O–H groups in total. The summed E-state index contributed by atoms with van der Waals surface area (Å²) in [6, 6.07) is 8.05. The van der Waals surface area contributed by atoms with Gasteiger partial charge in [-0.25, -0.2) is 0 Å². The fraction of sp³-hybridized carbons (Fsp3) is 0.571. The lowest BCUT2D eigenvalue weighted by Crippen LogP contribution is -2.40. The van der Waals surface area contributed by atoms with Gasteiger partial charge in [0.2, 0.25) is 0 Å². The van der Waals surface area contributed by atoms with Crippen molar-refractivity contribution in [2.45, 2.75) is 25.3 Å². The average molecular weight is 287 g/mol. The van der Waals surface area contributed by atoms with Crippen molar-refractivity contribution in [3.05, 3.63) is 34.9 Å². The van der Waals surface area contributed by atoms with E-state index in [1.807, 2.05) is 25.2 Å². The van der Waals surface area contributed by atoms with E-state index in [1.165, 1.54) is 5.56 Å². The number of methoxy groups -OCH3 is 2. The number of benzene rings is 1. The molecule has 0 aliphatic rings. The highest BCUT2D eigenvalue weighted by Crippen LogP contribution is 2.15. The zero-order valence-electron chi connectivity index (χ0n) is 11.8. The Bertz CT molecular complexity index is 372. The van der Waals surface area contributed by atoms with Gasteiger partial charge < -0.3 is 15.2 Å². The molecule has 19 heavy (non-hydrogen) atoms. The number of nitrogens with zero attached hydrogens (tertiary/aromatic N) is 1. The number of hydrogen-bond acceptors (Lipinski definition) is 4. The van der Waals surface area contributed by atoms with E-state index in [0.29, 0.717) is 6.54 Å². The minimum atomic E-state index is -0.227. The van der Waals surface area contributed by atoms with Gasteiger partial charge in [-0.2, -0.15) is 0 Å². The highest BCUT2D eigenvalue weighted by molar-refractivity contribution is 6.30. The predicted molar refractivity (Wildman–Crippen MR) is 78.2 cm³/mol. The summed E-state index contributed by atoms with van der Waals surface area (Å²) in [6.07, 6.45) is 0.510. The van der Waals surface area contributed by atoms with Crippen molar-refractivity contribution < 1.29 is 9.47 Å². The van der Waals surface area contributed by atoms with Crippen molar-refractivity contribution in [2.24, 2.45) is 5.73 Å². The Balaban J connectivity index is 2.60. The summed E-state index contributed by atoms with van der Waals surface area (Å²) in [5.74, 6) is 0. The van der Waals surface area contributed by atoms with Crippen LogP contribution in [-0.2, 0) is 16.0 Å². The maximum Gasteiger partial charge on any atom is 0.158 e. The van der Waals surface area contributed by atoms with Crippen molar-refractivity contribution in [2.75, 3.05) is 27.8 Å². The Morgan fingerprint density at radius 2 is 2.00 bits per heavy atom. The Morgan fingerprint density at radius 1 is 1.32 bits per heavy atom. The van der Waals surface area contributed by atoms with Gasteiger partial charge in [-0.15, -0.1) is 0 Å². The maximum atomic E-state index is 5.99. The number of likely N-dealkylation sites (N-methyl/N-ethyl adjacent to an activating group) is 1. The highest BCUT2D eigenvalue weighted by Gasteiger charge is 2.18. The Morgan fingerprint density at radius 3 is 2.53 bits per heavy atom. The number of ether oxygens (including phenoxy) is 2. The molecule has 0 aliphatic carbocycles. The summed E-state index contributed by atoms with van der Waals surface area (Å²) >= 11 is 5.99. The van der Waals surface area contributed by atoms with E-state index in [9.17, 15) is 0 Å². The number of halogens is 1. The molecule has 108 valence electrons. The quantitative estimate of drug-likeness (QED) is 0.744. The molecule has 1 rings (SSSR count). The van der Waals surface area contributed by atoms with Gasteiger partial charge in [-0.05, 0) is 24.7 Å². The molecule has 0 saturated carbocycles. The minimum absolute atomic E-state index is 0.198. The third kappa shape index (κ3) is 5.47. The second kappa shape index (κ2) is 8.51. The molecule has 1 unspecified atom stereocenters. The van der Waals surface area contributed by atoms with Crippen LogP contribution in [0, 0.1) is 0 Å². The van der Waals surface area contributed by atoms with Crippen LogP contribution in [0.25, 0.3) is 0 Å². The Kier molecular flexibility index (Phi) is 7.34. The molecular weight excluding hydrogens is 264 g/mol. The fourth-order valence-electron chi connectivity index (χ4n) is 2.02. The first kappa shape index (κ1) is 16.4. The summed E-state index contributed by atoms with van der Waals surface area (Å²) in [7, 11) is 5.32. The third-order valence-corrected chi connectivity index (χ3v) is 3.44. The van der Waals surface area contributed by atoms with Crippen LogP contribution in [0.15, 0.2) is 24.3 Å². The molecule has 0 spiro atoms. The van der Waals surface area contributed by atoms with E-state index in [-0.39, 0.29) is 12.3 Å². The summed E-state index contributed by atoms with van der Waals surface area (Å²) in [6.45, 7) is 1.35. The molecule has 0 fully saturated rings.